The van der Waals surface area contributed by atoms with E-state index in [1.807, 2.05) is 6.92 Å². The Morgan fingerprint density at radius 1 is 1.48 bits per heavy atom. The summed E-state index contributed by atoms with van der Waals surface area (Å²) in [4.78, 5) is 4.21. The first-order chi connectivity index (χ1) is 9.59. The van der Waals surface area contributed by atoms with Gasteiger partial charge in [-0.2, -0.15) is 4.31 Å². The highest BCUT2D eigenvalue weighted by Crippen LogP contribution is 2.22. The molecule has 0 aliphatic carbocycles. The highest BCUT2D eigenvalue weighted by molar-refractivity contribution is 7.89. The molecule has 0 aromatic carbocycles. The van der Waals surface area contributed by atoms with Crippen molar-refractivity contribution < 1.29 is 13.2 Å². The number of methoxy groups -OCH3 is 1. The van der Waals surface area contributed by atoms with Crippen molar-refractivity contribution in [2.45, 2.75) is 30.7 Å². The van der Waals surface area contributed by atoms with Crippen LogP contribution < -0.4 is 10.1 Å². The fraction of sp³-hybridized carbons (Fsp3) is 0.615. The molecule has 1 unspecified atom stereocenters. The summed E-state index contributed by atoms with van der Waals surface area (Å²) in [6.45, 7) is 4.09. The number of hydrogen-bond donors (Lipinski definition) is 1. The Balaban J connectivity index is 0.00000220. The molecule has 0 bridgehead atoms. The average molecular weight is 336 g/mol. The SMILES string of the molecule is CCCN(C1CCNC1)S(=O)(=O)c1ccc(OC)nc1.Cl. The summed E-state index contributed by atoms with van der Waals surface area (Å²) in [5.74, 6) is 0.411. The minimum Gasteiger partial charge on any atom is -0.481 e. The molecular formula is C13H22ClN3O3S. The van der Waals surface area contributed by atoms with E-state index in [9.17, 15) is 8.42 Å². The molecule has 6 nitrogen and oxygen atoms in total. The maximum atomic E-state index is 12.7. The lowest BCUT2D eigenvalue weighted by Crippen LogP contribution is -2.42. The molecule has 0 spiro atoms. The Bertz CT molecular complexity index is 530. The van der Waals surface area contributed by atoms with Crippen LogP contribution in [-0.2, 0) is 10.0 Å². The summed E-state index contributed by atoms with van der Waals surface area (Å²) in [5.41, 5.74) is 0. The average Bonchev–Trinajstić information content (AvgIpc) is 2.98. The van der Waals surface area contributed by atoms with Gasteiger partial charge in [-0.05, 0) is 25.5 Å². The van der Waals surface area contributed by atoms with Gasteiger partial charge in [0.2, 0.25) is 15.9 Å². The van der Waals surface area contributed by atoms with E-state index < -0.39 is 10.0 Å². The first-order valence-electron chi connectivity index (χ1n) is 6.82. The molecule has 1 aliphatic rings. The number of sulfonamides is 1. The molecule has 2 heterocycles. The van der Waals surface area contributed by atoms with Crippen LogP contribution in [0.1, 0.15) is 19.8 Å². The summed E-state index contributed by atoms with van der Waals surface area (Å²) in [5, 5.41) is 3.21. The largest absolute Gasteiger partial charge is 0.481 e. The van der Waals surface area contributed by atoms with E-state index in [0.29, 0.717) is 19.0 Å². The smallest absolute Gasteiger partial charge is 0.244 e. The van der Waals surface area contributed by atoms with Crippen LogP contribution in [0.25, 0.3) is 0 Å². The summed E-state index contributed by atoms with van der Waals surface area (Å²) in [6, 6.07) is 3.15. The van der Waals surface area contributed by atoms with Gasteiger partial charge in [-0.1, -0.05) is 6.92 Å². The fourth-order valence-electron chi connectivity index (χ4n) is 2.38. The molecule has 21 heavy (non-hydrogen) atoms. The van der Waals surface area contributed by atoms with Crippen molar-refractivity contribution in [1.82, 2.24) is 14.6 Å². The second-order valence-electron chi connectivity index (χ2n) is 4.80. The molecule has 120 valence electrons. The predicted molar refractivity (Wildman–Crippen MR) is 83.5 cm³/mol. The molecule has 1 aromatic rings. The molecule has 1 fully saturated rings. The van der Waals surface area contributed by atoms with E-state index in [4.69, 9.17) is 4.74 Å². The van der Waals surface area contributed by atoms with Gasteiger partial charge in [-0.15, -0.1) is 12.4 Å². The standard InChI is InChI=1S/C13H21N3O3S.ClH/c1-3-8-16(11-6-7-14-9-11)20(17,18)12-4-5-13(19-2)15-10-12;/h4-5,10-11,14H,3,6-9H2,1-2H3;1H. The van der Waals surface area contributed by atoms with Gasteiger partial charge in [0.1, 0.15) is 4.90 Å². The Morgan fingerprint density at radius 3 is 2.71 bits per heavy atom. The maximum Gasteiger partial charge on any atom is 0.244 e. The van der Waals surface area contributed by atoms with Crippen LogP contribution in [0, 0.1) is 0 Å². The fourth-order valence-corrected chi connectivity index (χ4v) is 4.07. The molecular weight excluding hydrogens is 314 g/mol. The van der Waals surface area contributed by atoms with Gasteiger partial charge in [-0.25, -0.2) is 13.4 Å². The zero-order valence-electron chi connectivity index (χ0n) is 12.3. The highest BCUT2D eigenvalue weighted by atomic mass is 35.5. The van der Waals surface area contributed by atoms with Crippen molar-refractivity contribution >= 4 is 22.4 Å². The van der Waals surface area contributed by atoms with E-state index in [1.165, 1.54) is 13.3 Å². The minimum absolute atomic E-state index is 0. The number of hydrogen-bond acceptors (Lipinski definition) is 5. The van der Waals surface area contributed by atoms with Crippen LogP contribution in [-0.4, -0.2) is 50.5 Å². The second-order valence-corrected chi connectivity index (χ2v) is 6.69. The lowest BCUT2D eigenvalue weighted by molar-refractivity contribution is 0.334. The summed E-state index contributed by atoms with van der Waals surface area (Å²) in [7, 11) is -1.99. The topological polar surface area (TPSA) is 71.5 Å². The van der Waals surface area contributed by atoms with Crippen LogP contribution in [0.15, 0.2) is 23.2 Å². The lowest BCUT2D eigenvalue weighted by atomic mass is 10.2. The molecule has 1 atom stereocenters. The number of pyridine rings is 1. The molecule has 0 radical (unpaired) electrons. The minimum atomic E-state index is -3.50. The van der Waals surface area contributed by atoms with Crippen LogP contribution in [0.2, 0.25) is 0 Å². The third-order valence-corrected chi connectivity index (χ3v) is 5.35. The number of aromatic nitrogens is 1. The highest BCUT2D eigenvalue weighted by Gasteiger charge is 2.32. The van der Waals surface area contributed by atoms with Gasteiger partial charge in [0.15, 0.2) is 0 Å². The predicted octanol–water partition coefficient (Wildman–Crippen LogP) is 1.27. The third kappa shape index (κ3) is 4.06. The molecule has 1 aliphatic heterocycles. The first kappa shape index (κ1) is 18.2. The van der Waals surface area contributed by atoms with E-state index in [-0.39, 0.29) is 23.3 Å². The number of rotatable bonds is 6. The number of ether oxygens (including phenoxy) is 1. The number of nitrogens with one attached hydrogen (secondary N) is 1. The number of halogens is 1. The van der Waals surface area contributed by atoms with Crippen molar-refractivity contribution in [3.05, 3.63) is 18.3 Å². The van der Waals surface area contributed by atoms with Crippen molar-refractivity contribution in [2.75, 3.05) is 26.7 Å². The van der Waals surface area contributed by atoms with Crippen molar-refractivity contribution in [3.63, 3.8) is 0 Å². The molecule has 0 amide bonds. The van der Waals surface area contributed by atoms with Gasteiger partial charge < -0.3 is 10.1 Å². The maximum absolute atomic E-state index is 12.7. The van der Waals surface area contributed by atoms with E-state index in [0.717, 1.165) is 19.4 Å². The molecule has 8 heteroatoms. The van der Waals surface area contributed by atoms with Crippen LogP contribution in [0.4, 0.5) is 0 Å². The molecule has 0 saturated carbocycles. The molecule has 1 aromatic heterocycles. The van der Waals surface area contributed by atoms with Crippen LogP contribution in [0.3, 0.4) is 0 Å². The van der Waals surface area contributed by atoms with Gasteiger partial charge in [0.05, 0.1) is 13.3 Å². The van der Waals surface area contributed by atoms with Crippen molar-refractivity contribution in [1.29, 1.82) is 0 Å². The lowest BCUT2D eigenvalue weighted by Gasteiger charge is -2.27. The van der Waals surface area contributed by atoms with E-state index in [1.54, 1.807) is 16.4 Å². The summed E-state index contributed by atoms with van der Waals surface area (Å²) in [6.07, 6.45) is 3.00. The Kier molecular flexibility index (Phi) is 6.86. The van der Waals surface area contributed by atoms with Crippen LogP contribution >= 0.6 is 12.4 Å². The molecule has 1 N–H and O–H groups in total. The van der Waals surface area contributed by atoms with Gasteiger partial charge in [-0.3, -0.25) is 0 Å². The monoisotopic (exact) mass is 335 g/mol. The Morgan fingerprint density at radius 2 is 2.24 bits per heavy atom. The summed E-state index contributed by atoms with van der Waals surface area (Å²) < 4.78 is 32.0. The van der Waals surface area contributed by atoms with E-state index >= 15 is 0 Å². The van der Waals surface area contributed by atoms with Crippen LogP contribution in [0.5, 0.6) is 5.88 Å². The normalized spacial score (nSPS) is 18.5. The zero-order chi connectivity index (χ0) is 14.6. The van der Waals surface area contributed by atoms with Gasteiger partial charge in [0, 0.05) is 25.2 Å². The number of nitrogens with zero attached hydrogens (tertiary/aromatic N) is 2. The second kappa shape index (κ2) is 7.93. The van der Waals surface area contributed by atoms with Crippen molar-refractivity contribution in [3.8, 4) is 5.88 Å². The molecule has 2 rings (SSSR count). The van der Waals surface area contributed by atoms with Gasteiger partial charge in [0.25, 0.3) is 0 Å². The van der Waals surface area contributed by atoms with Gasteiger partial charge >= 0.3 is 0 Å². The van der Waals surface area contributed by atoms with E-state index in [2.05, 4.69) is 10.3 Å². The zero-order valence-corrected chi connectivity index (χ0v) is 13.9. The third-order valence-electron chi connectivity index (χ3n) is 3.41. The first-order valence-corrected chi connectivity index (χ1v) is 8.26. The Labute approximate surface area is 132 Å². The summed E-state index contributed by atoms with van der Waals surface area (Å²) >= 11 is 0. The molecule has 1 saturated heterocycles. The van der Waals surface area contributed by atoms with Crippen molar-refractivity contribution in [2.24, 2.45) is 0 Å². The quantitative estimate of drug-likeness (QED) is 0.847. The Hall–Kier alpha value is -0.890.